The molecule has 0 aliphatic carbocycles. The summed E-state index contributed by atoms with van der Waals surface area (Å²) in [7, 11) is 1.76. The van der Waals surface area contributed by atoms with Crippen LogP contribution in [0.25, 0.3) is 0 Å². The van der Waals surface area contributed by atoms with E-state index in [0.717, 1.165) is 25.6 Å². The summed E-state index contributed by atoms with van der Waals surface area (Å²) in [6.45, 7) is 12.2. The molecule has 0 aliphatic rings. The maximum Gasteiger partial charge on any atom is 0.0587 e. The molecular weight excluding hydrogens is 198 g/mol. The second-order valence-corrected chi connectivity index (χ2v) is 5.14. The summed E-state index contributed by atoms with van der Waals surface area (Å²) in [4.78, 5) is 0. The third kappa shape index (κ3) is 5.31. The van der Waals surface area contributed by atoms with E-state index in [-0.39, 0.29) is 0 Å². The van der Waals surface area contributed by atoms with Gasteiger partial charge in [-0.15, -0.1) is 0 Å². The van der Waals surface area contributed by atoms with Crippen molar-refractivity contribution in [2.75, 3.05) is 26.8 Å². The number of rotatable bonds is 10. The van der Waals surface area contributed by atoms with Crippen molar-refractivity contribution in [1.82, 2.24) is 5.32 Å². The van der Waals surface area contributed by atoms with Gasteiger partial charge in [0, 0.05) is 20.2 Å². The van der Waals surface area contributed by atoms with E-state index in [1.54, 1.807) is 7.11 Å². The highest BCUT2D eigenvalue weighted by molar-refractivity contribution is 4.83. The minimum absolute atomic E-state index is 0.476. The highest BCUT2D eigenvalue weighted by Crippen LogP contribution is 2.36. The van der Waals surface area contributed by atoms with E-state index in [1.165, 1.54) is 25.7 Å². The molecule has 0 bridgehead atoms. The Morgan fingerprint density at radius 3 is 2.38 bits per heavy atom. The summed E-state index contributed by atoms with van der Waals surface area (Å²) in [6.07, 6.45) is 5.26. The molecule has 0 amide bonds. The molecule has 1 N–H and O–H groups in total. The predicted molar refractivity (Wildman–Crippen MR) is 71.8 cm³/mol. The fourth-order valence-electron chi connectivity index (χ4n) is 2.33. The monoisotopic (exact) mass is 229 g/mol. The topological polar surface area (TPSA) is 21.3 Å². The summed E-state index contributed by atoms with van der Waals surface area (Å²) >= 11 is 0. The van der Waals surface area contributed by atoms with Gasteiger partial charge in [0.15, 0.2) is 0 Å². The van der Waals surface area contributed by atoms with Crippen molar-refractivity contribution in [2.45, 2.75) is 53.4 Å². The van der Waals surface area contributed by atoms with Gasteiger partial charge in [-0.05, 0) is 24.2 Å². The Bertz CT molecular complexity index is 159. The standard InChI is InChI=1S/C14H31NO/c1-6-8-9-14(7-2,13(3)4)12-15-10-11-16-5/h13,15H,6-12H2,1-5H3. The van der Waals surface area contributed by atoms with Gasteiger partial charge in [-0.3, -0.25) is 0 Å². The molecule has 0 aromatic rings. The normalized spacial score (nSPS) is 15.4. The summed E-state index contributed by atoms with van der Waals surface area (Å²) in [5, 5.41) is 3.54. The quantitative estimate of drug-likeness (QED) is 0.579. The summed E-state index contributed by atoms with van der Waals surface area (Å²) in [6, 6.07) is 0. The lowest BCUT2D eigenvalue weighted by atomic mass is 9.71. The van der Waals surface area contributed by atoms with Gasteiger partial charge in [-0.25, -0.2) is 0 Å². The molecule has 0 saturated heterocycles. The molecule has 2 heteroatoms. The predicted octanol–water partition coefficient (Wildman–Crippen LogP) is 3.47. The van der Waals surface area contributed by atoms with Crippen LogP contribution >= 0.6 is 0 Å². The lowest BCUT2D eigenvalue weighted by molar-refractivity contribution is 0.141. The van der Waals surface area contributed by atoms with E-state index < -0.39 is 0 Å². The van der Waals surface area contributed by atoms with Gasteiger partial charge in [0.25, 0.3) is 0 Å². The lowest BCUT2D eigenvalue weighted by Gasteiger charge is -2.37. The summed E-state index contributed by atoms with van der Waals surface area (Å²) in [5.74, 6) is 0.749. The van der Waals surface area contributed by atoms with Gasteiger partial charge in [-0.1, -0.05) is 40.5 Å². The van der Waals surface area contributed by atoms with Crippen LogP contribution in [0.15, 0.2) is 0 Å². The van der Waals surface area contributed by atoms with Crippen LogP contribution in [0.5, 0.6) is 0 Å². The van der Waals surface area contributed by atoms with Gasteiger partial charge < -0.3 is 10.1 Å². The van der Waals surface area contributed by atoms with Crippen LogP contribution < -0.4 is 5.32 Å². The van der Waals surface area contributed by atoms with Crippen LogP contribution in [0.2, 0.25) is 0 Å². The van der Waals surface area contributed by atoms with Crippen LogP contribution in [-0.2, 0) is 4.74 Å². The molecule has 0 rings (SSSR count). The van der Waals surface area contributed by atoms with Crippen molar-refractivity contribution in [3.8, 4) is 0 Å². The van der Waals surface area contributed by atoms with Gasteiger partial charge in [0.05, 0.1) is 6.61 Å². The maximum atomic E-state index is 5.07. The average Bonchev–Trinajstić information content (AvgIpc) is 2.28. The zero-order valence-electron chi connectivity index (χ0n) is 11.9. The first-order valence-electron chi connectivity index (χ1n) is 6.82. The minimum atomic E-state index is 0.476. The largest absolute Gasteiger partial charge is 0.383 e. The highest BCUT2D eigenvalue weighted by atomic mass is 16.5. The van der Waals surface area contributed by atoms with E-state index >= 15 is 0 Å². The zero-order valence-corrected chi connectivity index (χ0v) is 11.9. The van der Waals surface area contributed by atoms with Gasteiger partial charge in [0.1, 0.15) is 0 Å². The molecule has 0 aromatic heterocycles. The van der Waals surface area contributed by atoms with Crippen LogP contribution in [0, 0.1) is 11.3 Å². The van der Waals surface area contributed by atoms with E-state index in [0.29, 0.717) is 5.41 Å². The van der Waals surface area contributed by atoms with Crippen LogP contribution in [0.1, 0.15) is 53.4 Å². The second kappa shape index (κ2) is 9.00. The van der Waals surface area contributed by atoms with Crippen LogP contribution in [-0.4, -0.2) is 26.8 Å². The number of unbranched alkanes of at least 4 members (excludes halogenated alkanes) is 1. The van der Waals surface area contributed by atoms with Gasteiger partial charge >= 0.3 is 0 Å². The summed E-state index contributed by atoms with van der Waals surface area (Å²) in [5.41, 5.74) is 0.476. The Morgan fingerprint density at radius 1 is 1.25 bits per heavy atom. The molecule has 1 atom stereocenters. The molecule has 0 aromatic carbocycles. The third-order valence-electron chi connectivity index (χ3n) is 3.92. The second-order valence-electron chi connectivity index (χ2n) is 5.14. The van der Waals surface area contributed by atoms with Crippen molar-refractivity contribution in [3.05, 3.63) is 0 Å². The number of hydrogen-bond acceptors (Lipinski definition) is 2. The molecule has 1 unspecified atom stereocenters. The fraction of sp³-hybridized carbons (Fsp3) is 1.00. The first-order chi connectivity index (χ1) is 7.63. The zero-order chi connectivity index (χ0) is 12.4. The average molecular weight is 229 g/mol. The van der Waals surface area contributed by atoms with Gasteiger partial charge in [0.2, 0.25) is 0 Å². The molecule has 0 saturated carbocycles. The van der Waals surface area contributed by atoms with E-state index in [1.807, 2.05) is 0 Å². The Balaban J connectivity index is 4.16. The fourth-order valence-corrected chi connectivity index (χ4v) is 2.33. The Morgan fingerprint density at radius 2 is 1.94 bits per heavy atom. The molecular formula is C14H31NO. The van der Waals surface area contributed by atoms with E-state index in [2.05, 4.69) is 33.0 Å². The minimum Gasteiger partial charge on any atom is -0.383 e. The van der Waals surface area contributed by atoms with Crippen molar-refractivity contribution < 1.29 is 4.74 Å². The molecule has 0 radical (unpaired) electrons. The highest BCUT2D eigenvalue weighted by Gasteiger charge is 2.30. The van der Waals surface area contributed by atoms with Crippen LogP contribution in [0.3, 0.4) is 0 Å². The number of methoxy groups -OCH3 is 1. The molecule has 2 nitrogen and oxygen atoms in total. The smallest absolute Gasteiger partial charge is 0.0587 e. The molecule has 0 aliphatic heterocycles. The SMILES string of the molecule is CCCCC(CC)(CNCCOC)C(C)C. The van der Waals surface area contributed by atoms with E-state index in [9.17, 15) is 0 Å². The lowest BCUT2D eigenvalue weighted by Crippen LogP contribution is -2.39. The molecule has 0 spiro atoms. The third-order valence-corrected chi connectivity index (χ3v) is 3.92. The number of hydrogen-bond donors (Lipinski definition) is 1. The maximum absolute atomic E-state index is 5.07. The summed E-state index contributed by atoms with van der Waals surface area (Å²) < 4.78 is 5.07. The Kier molecular flexibility index (Phi) is 8.96. The van der Waals surface area contributed by atoms with Crippen molar-refractivity contribution in [1.29, 1.82) is 0 Å². The van der Waals surface area contributed by atoms with Crippen molar-refractivity contribution in [2.24, 2.45) is 11.3 Å². The van der Waals surface area contributed by atoms with Crippen molar-refractivity contribution >= 4 is 0 Å². The van der Waals surface area contributed by atoms with Crippen molar-refractivity contribution in [3.63, 3.8) is 0 Å². The molecule has 0 heterocycles. The van der Waals surface area contributed by atoms with Crippen LogP contribution in [0.4, 0.5) is 0 Å². The molecule has 98 valence electrons. The first-order valence-corrected chi connectivity index (χ1v) is 6.82. The molecule has 16 heavy (non-hydrogen) atoms. The number of ether oxygens (including phenoxy) is 1. The Hall–Kier alpha value is -0.0800. The Labute approximate surface area is 102 Å². The first kappa shape index (κ1) is 15.9. The number of nitrogens with one attached hydrogen (secondary N) is 1. The molecule has 0 fully saturated rings. The van der Waals surface area contributed by atoms with E-state index in [4.69, 9.17) is 4.74 Å². The van der Waals surface area contributed by atoms with Gasteiger partial charge in [-0.2, -0.15) is 0 Å².